The van der Waals surface area contributed by atoms with Crippen LogP contribution in [-0.2, 0) is 16.6 Å². The van der Waals surface area contributed by atoms with E-state index in [1.807, 2.05) is 0 Å². The van der Waals surface area contributed by atoms with Crippen molar-refractivity contribution in [1.29, 1.82) is 0 Å². The van der Waals surface area contributed by atoms with Gasteiger partial charge in [-0.25, -0.2) is 13.1 Å². The minimum absolute atomic E-state index is 0.0766. The zero-order chi connectivity index (χ0) is 9.73. The van der Waals surface area contributed by atoms with E-state index in [1.54, 1.807) is 19.1 Å². The molecule has 0 aliphatic heterocycles. The summed E-state index contributed by atoms with van der Waals surface area (Å²) in [4.78, 5) is 0. The summed E-state index contributed by atoms with van der Waals surface area (Å²) in [7, 11) is -3.14. The fourth-order valence-electron chi connectivity index (χ4n) is 0.714. The summed E-state index contributed by atoms with van der Waals surface area (Å²) in [5.41, 5.74) is 0.611. The summed E-state index contributed by atoms with van der Waals surface area (Å²) in [5.74, 6) is 0.0766. The molecule has 0 atom stereocenters. The Labute approximate surface area is 77.2 Å². The van der Waals surface area contributed by atoms with Crippen molar-refractivity contribution < 1.29 is 8.42 Å². The van der Waals surface area contributed by atoms with Gasteiger partial charge in [0.05, 0.1) is 18.0 Å². The Morgan fingerprint density at radius 2 is 2.31 bits per heavy atom. The molecular formula is C7H11N3O2S. The standard InChI is InChI=1S/C7H11N3O2S/c1-2-13(11,12)9-6-7-4-3-5-8-10-7/h3-5,9H,2,6H2,1H3. The monoisotopic (exact) mass is 201 g/mol. The van der Waals surface area contributed by atoms with Crippen LogP contribution in [0.5, 0.6) is 0 Å². The number of nitrogens with one attached hydrogen (secondary N) is 1. The third kappa shape index (κ3) is 3.47. The fourth-order valence-corrected chi connectivity index (χ4v) is 1.29. The van der Waals surface area contributed by atoms with Gasteiger partial charge in [-0.15, -0.1) is 0 Å². The van der Waals surface area contributed by atoms with Gasteiger partial charge in [-0.3, -0.25) is 0 Å². The molecule has 1 aromatic heterocycles. The first-order valence-electron chi connectivity index (χ1n) is 3.88. The molecule has 72 valence electrons. The maximum Gasteiger partial charge on any atom is 0.211 e. The highest BCUT2D eigenvalue weighted by molar-refractivity contribution is 7.89. The summed E-state index contributed by atoms with van der Waals surface area (Å²) in [6.07, 6.45) is 1.54. The first-order valence-corrected chi connectivity index (χ1v) is 5.53. The summed E-state index contributed by atoms with van der Waals surface area (Å²) < 4.78 is 24.4. The third-order valence-corrected chi connectivity index (χ3v) is 2.83. The number of sulfonamides is 1. The number of hydrogen-bond donors (Lipinski definition) is 1. The third-order valence-electron chi connectivity index (χ3n) is 1.48. The molecule has 0 unspecified atom stereocenters. The summed E-state index contributed by atoms with van der Waals surface area (Å²) >= 11 is 0. The van der Waals surface area contributed by atoms with Crippen LogP contribution >= 0.6 is 0 Å². The Balaban J connectivity index is 2.54. The summed E-state index contributed by atoms with van der Waals surface area (Å²) in [6.45, 7) is 1.78. The molecule has 0 spiro atoms. The van der Waals surface area contributed by atoms with Crippen molar-refractivity contribution in [1.82, 2.24) is 14.9 Å². The van der Waals surface area contributed by atoms with Crippen LogP contribution in [-0.4, -0.2) is 24.4 Å². The summed E-state index contributed by atoms with van der Waals surface area (Å²) in [6, 6.07) is 3.42. The molecule has 1 aromatic rings. The Morgan fingerprint density at radius 1 is 1.54 bits per heavy atom. The lowest BCUT2D eigenvalue weighted by molar-refractivity contribution is 0.581. The highest BCUT2D eigenvalue weighted by Crippen LogP contribution is 1.92. The lowest BCUT2D eigenvalue weighted by atomic mass is 10.4. The summed E-state index contributed by atoms with van der Waals surface area (Å²) in [5, 5.41) is 7.37. The molecule has 0 amide bonds. The van der Waals surface area contributed by atoms with E-state index in [4.69, 9.17) is 0 Å². The Kier molecular flexibility index (Phi) is 3.32. The van der Waals surface area contributed by atoms with Gasteiger partial charge >= 0.3 is 0 Å². The number of nitrogens with zero attached hydrogens (tertiary/aromatic N) is 2. The molecule has 1 rings (SSSR count). The maximum absolute atomic E-state index is 11.0. The second kappa shape index (κ2) is 4.29. The Hall–Kier alpha value is -1.01. The predicted molar refractivity (Wildman–Crippen MR) is 48.3 cm³/mol. The van der Waals surface area contributed by atoms with E-state index in [2.05, 4.69) is 14.9 Å². The van der Waals surface area contributed by atoms with Crippen molar-refractivity contribution in [2.75, 3.05) is 5.75 Å². The number of rotatable bonds is 4. The van der Waals surface area contributed by atoms with E-state index < -0.39 is 10.0 Å². The Bertz CT molecular complexity index is 349. The second-order valence-electron chi connectivity index (χ2n) is 2.44. The van der Waals surface area contributed by atoms with E-state index in [1.165, 1.54) is 6.20 Å². The molecule has 5 nitrogen and oxygen atoms in total. The Morgan fingerprint density at radius 3 is 2.85 bits per heavy atom. The SMILES string of the molecule is CCS(=O)(=O)NCc1cccnn1. The smallest absolute Gasteiger partial charge is 0.211 e. The normalized spacial score (nSPS) is 11.5. The first-order chi connectivity index (χ1) is 6.14. The average Bonchev–Trinajstić information content (AvgIpc) is 2.17. The average molecular weight is 201 g/mol. The number of aromatic nitrogens is 2. The quantitative estimate of drug-likeness (QED) is 0.739. The van der Waals surface area contributed by atoms with Gasteiger partial charge in [0.25, 0.3) is 0 Å². The van der Waals surface area contributed by atoms with E-state index in [-0.39, 0.29) is 12.3 Å². The zero-order valence-electron chi connectivity index (χ0n) is 7.27. The zero-order valence-corrected chi connectivity index (χ0v) is 8.08. The first kappa shape index (κ1) is 10.1. The molecule has 6 heteroatoms. The van der Waals surface area contributed by atoms with Crippen molar-refractivity contribution in [3.63, 3.8) is 0 Å². The van der Waals surface area contributed by atoms with Gasteiger partial charge in [-0.05, 0) is 19.1 Å². The van der Waals surface area contributed by atoms with E-state index in [9.17, 15) is 8.42 Å². The second-order valence-corrected chi connectivity index (χ2v) is 4.54. The largest absolute Gasteiger partial charge is 0.212 e. The lowest BCUT2D eigenvalue weighted by Gasteiger charge is -2.01. The van der Waals surface area contributed by atoms with Gasteiger partial charge < -0.3 is 0 Å². The molecule has 0 aliphatic carbocycles. The van der Waals surface area contributed by atoms with Crippen LogP contribution in [0, 0.1) is 0 Å². The topological polar surface area (TPSA) is 72.0 Å². The number of hydrogen-bond acceptors (Lipinski definition) is 4. The van der Waals surface area contributed by atoms with Crippen LogP contribution in [0.1, 0.15) is 12.6 Å². The molecule has 0 aromatic carbocycles. The van der Waals surface area contributed by atoms with Crippen LogP contribution in [0.4, 0.5) is 0 Å². The minimum atomic E-state index is -3.14. The van der Waals surface area contributed by atoms with Gasteiger partial charge in [0, 0.05) is 6.20 Å². The molecule has 1 N–H and O–H groups in total. The van der Waals surface area contributed by atoms with Gasteiger partial charge in [0.15, 0.2) is 0 Å². The molecule has 0 fully saturated rings. The van der Waals surface area contributed by atoms with Gasteiger partial charge in [-0.2, -0.15) is 10.2 Å². The molecular weight excluding hydrogens is 190 g/mol. The van der Waals surface area contributed by atoms with Crippen LogP contribution in [0.25, 0.3) is 0 Å². The molecule has 13 heavy (non-hydrogen) atoms. The van der Waals surface area contributed by atoms with Gasteiger partial charge in [0.1, 0.15) is 0 Å². The molecule has 0 radical (unpaired) electrons. The predicted octanol–water partition coefficient (Wildman–Crippen LogP) is -0.0841. The maximum atomic E-state index is 11.0. The molecule has 0 saturated heterocycles. The fraction of sp³-hybridized carbons (Fsp3) is 0.429. The lowest BCUT2D eigenvalue weighted by Crippen LogP contribution is -2.25. The van der Waals surface area contributed by atoms with Crippen molar-refractivity contribution in [2.24, 2.45) is 0 Å². The van der Waals surface area contributed by atoms with Crippen molar-refractivity contribution in [2.45, 2.75) is 13.5 Å². The highest BCUT2D eigenvalue weighted by Gasteiger charge is 2.05. The van der Waals surface area contributed by atoms with Crippen LogP contribution in [0.15, 0.2) is 18.3 Å². The van der Waals surface area contributed by atoms with Crippen molar-refractivity contribution >= 4 is 10.0 Å². The van der Waals surface area contributed by atoms with E-state index in [0.717, 1.165) is 0 Å². The highest BCUT2D eigenvalue weighted by atomic mass is 32.2. The molecule has 0 bridgehead atoms. The van der Waals surface area contributed by atoms with Crippen molar-refractivity contribution in [3.05, 3.63) is 24.0 Å². The molecule has 0 aliphatic rings. The van der Waals surface area contributed by atoms with Gasteiger partial charge in [-0.1, -0.05) is 0 Å². The van der Waals surface area contributed by atoms with Crippen LogP contribution in [0.2, 0.25) is 0 Å². The molecule has 0 saturated carbocycles. The molecule has 1 heterocycles. The minimum Gasteiger partial charge on any atom is -0.212 e. The van der Waals surface area contributed by atoms with Crippen LogP contribution < -0.4 is 4.72 Å². The van der Waals surface area contributed by atoms with Gasteiger partial charge in [0.2, 0.25) is 10.0 Å². The van der Waals surface area contributed by atoms with Crippen molar-refractivity contribution in [3.8, 4) is 0 Å². The van der Waals surface area contributed by atoms with Crippen LogP contribution in [0.3, 0.4) is 0 Å². The van der Waals surface area contributed by atoms with E-state index >= 15 is 0 Å². The van der Waals surface area contributed by atoms with E-state index in [0.29, 0.717) is 5.69 Å².